The molecule has 0 spiro atoms. The quantitative estimate of drug-likeness (QED) is 0.226. The van der Waals surface area contributed by atoms with Crippen LogP contribution < -0.4 is 10.3 Å². The van der Waals surface area contributed by atoms with Crippen LogP contribution in [0.3, 0.4) is 0 Å². The minimum atomic E-state index is -0.482. The summed E-state index contributed by atoms with van der Waals surface area (Å²) in [6.45, 7) is 4.77. The predicted molar refractivity (Wildman–Crippen MR) is 151 cm³/mol. The Morgan fingerprint density at radius 2 is 2.00 bits per heavy atom. The molecular weight excluding hydrogens is 548 g/mol. The van der Waals surface area contributed by atoms with E-state index in [0.29, 0.717) is 18.5 Å². The topological polar surface area (TPSA) is 97.4 Å². The second-order valence-corrected chi connectivity index (χ2v) is 10.8. The number of halogens is 1. The van der Waals surface area contributed by atoms with Crippen LogP contribution in [0.1, 0.15) is 29.7 Å². The lowest BCUT2D eigenvalue weighted by Gasteiger charge is -2.40. The van der Waals surface area contributed by atoms with Gasteiger partial charge in [-0.25, -0.2) is 0 Å². The number of hydrogen-bond acceptors (Lipinski definition) is 7. The van der Waals surface area contributed by atoms with Crippen molar-refractivity contribution in [1.82, 2.24) is 19.4 Å². The Morgan fingerprint density at radius 1 is 1.16 bits per heavy atom. The Balaban J connectivity index is 1.46. The van der Waals surface area contributed by atoms with Crippen molar-refractivity contribution in [2.24, 2.45) is 7.05 Å². The van der Waals surface area contributed by atoms with Gasteiger partial charge < -0.3 is 19.6 Å². The van der Waals surface area contributed by atoms with Crippen LogP contribution in [-0.2, 0) is 20.1 Å². The second kappa shape index (κ2) is 11.0. The van der Waals surface area contributed by atoms with Gasteiger partial charge in [-0.05, 0) is 71.6 Å². The van der Waals surface area contributed by atoms with Crippen molar-refractivity contribution in [3.05, 3.63) is 103 Å². The molecule has 5 rings (SSSR count). The Morgan fingerprint density at radius 3 is 2.74 bits per heavy atom. The molecule has 4 heterocycles. The van der Waals surface area contributed by atoms with E-state index in [1.54, 1.807) is 12.3 Å². The molecule has 10 heteroatoms. The number of pyridine rings is 3. The monoisotopic (exact) mass is 576 g/mol. The Labute approximate surface area is 229 Å². The number of nitro groups is 1. The summed E-state index contributed by atoms with van der Waals surface area (Å²) in [5, 5.41) is 11.7. The molecule has 1 atom stereocenters. The van der Waals surface area contributed by atoms with E-state index >= 15 is 0 Å². The van der Waals surface area contributed by atoms with Crippen LogP contribution in [0.25, 0.3) is 10.9 Å². The van der Waals surface area contributed by atoms with Crippen molar-refractivity contribution in [2.45, 2.75) is 38.9 Å². The molecule has 1 aromatic carbocycles. The van der Waals surface area contributed by atoms with Crippen LogP contribution in [0.5, 0.6) is 0 Å². The van der Waals surface area contributed by atoms with Gasteiger partial charge in [-0.3, -0.25) is 14.7 Å². The number of rotatable bonds is 7. The fourth-order valence-electron chi connectivity index (χ4n) is 5.27. The van der Waals surface area contributed by atoms with E-state index in [2.05, 4.69) is 41.8 Å². The highest BCUT2D eigenvalue weighted by atomic mass is 79.9. The highest BCUT2D eigenvalue weighted by Gasteiger charge is 2.28. The van der Waals surface area contributed by atoms with Gasteiger partial charge in [0.1, 0.15) is 0 Å². The smallest absolute Gasteiger partial charge is 0.363 e. The molecule has 0 radical (unpaired) electrons. The Kier molecular flexibility index (Phi) is 7.53. The zero-order valence-corrected chi connectivity index (χ0v) is 23.0. The third-order valence-electron chi connectivity index (χ3n) is 7.14. The van der Waals surface area contributed by atoms with E-state index in [4.69, 9.17) is 0 Å². The fourth-order valence-corrected chi connectivity index (χ4v) is 5.62. The van der Waals surface area contributed by atoms with Gasteiger partial charge in [-0.1, -0.05) is 15.9 Å². The van der Waals surface area contributed by atoms with E-state index in [0.717, 1.165) is 58.4 Å². The lowest BCUT2D eigenvalue weighted by atomic mass is 10.0. The minimum absolute atomic E-state index is 0.0498. The lowest BCUT2D eigenvalue weighted by molar-refractivity contribution is -0.389. The number of anilines is 1. The molecule has 4 aromatic rings. The summed E-state index contributed by atoms with van der Waals surface area (Å²) in [5.74, 6) is -0.156. The number of nitrogens with zero attached hydrogens (tertiary/aromatic N) is 6. The number of benzene rings is 1. The van der Waals surface area contributed by atoms with Gasteiger partial charge in [0.2, 0.25) is 0 Å². The predicted octanol–water partition coefficient (Wildman–Crippen LogP) is 4.98. The first-order valence-electron chi connectivity index (χ1n) is 12.6. The zero-order valence-electron chi connectivity index (χ0n) is 21.4. The second-order valence-electron chi connectivity index (χ2n) is 9.84. The fraction of sp³-hybridized carbons (Fsp3) is 0.321. The van der Waals surface area contributed by atoms with Crippen LogP contribution in [0.4, 0.5) is 11.5 Å². The van der Waals surface area contributed by atoms with Crippen LogP contribution in [0.15, 0.2) is 70.3 Å². The summed E-state index contributed by atoms with van der Waals surface area (Å²) >= 11 is 3.51. The van der Waals surface area contributed by atoms with Gasteiger partial charge in [0.25, 0.3) is 0 Å². The first-order chi connectivity index (χ1) is 18.3. The molecule has 196 valence electrons. The van der Waals surface area contributed by atoms with Gasteiger partial charge in [0, 0.05) is 78.8 Å². The third-order valence-corrected chi connectivity index (χ3v) is 7.64. The number of hydrogen-bond donors (Lipinski definition) is 0. The summed E-state index contributed by atoms with van der Waals surface area (Å²) < 4.78 is 2.95. The average Bonchev–Trinajstić information content (AvgIpc) is 2.91. The van der Waals surface area contributed by atoms with Gasteiger partial charge in [0.05, 0.1) is 11.2 Å². The highest BCUT2D eigenvalue weighted by Crippen LogP contribution is 2.26. The molecule has 0 unspecified atom stereocenters. The molecule has 1 fully saturated rings. The van der Waals surface area contributed by atoms with E-state index in [-0.39, 0.29) is 17.3 Å². The van der Waals surface area contributed by atoms with Gasteiger partial charge in [0.15, 0.2) is 11.6 Å². The van der Waals surface area contributed by atoms with Crippen LogP contribution >= 0.6 is 15.9 Å². The number of aryl methyl sites for hydroxylation is 2. The number of aromatic nitrogens is 3. The minimum Gasteiger partial charge on any atom is -0.367 e. The molecule has 0 N–H and O–H groups in total. The van der Waals surface area contributed by atoms with E-state index in [1.165, 1.54) is 6.07 Å². The van der Waals surface area contributed by atoms with E-state index in [1.807, 2.05) is 55.2 Å². The molecule has 38 heavy (non-hydrogen) atoms. The van der Waals surface area contributed by atoms with E-state index < -0.39 is 4.92 Å². The first kappa shape index (κ1) is 26.0. The maximum atomic E-state index is 13.6. The number of piperidine rings is 1. The molecule has 1 aliphatic heterocycles. The molecular formula is C28H29BrN6O3. The summed E-state index contributed by atoms with van der Waals surface area (Å²) in [6, 6.07) is 13.3. The molecule has 0 aliphatic carbocycles. The van der Waals surface area contributed by atoms with Crippen molar-refractivity contribution in [3.8, 4) is 0 Å². The normalized spacial score (nSPS) is 15.8. The Bertz CT molecular complexity index is 1540. The summed E-state index contributed by atoms with van der Waals surface area (Å²) in [6.07, 6.45) is 7.31. The molecule has 1 saturated heterocycles. The molecule has 1 aliphatic rings. The van der Waals surface area contributed by atoms with Gasteiger partial charge in [-0.2, -0.15) is 0 Å². The zero-order chi connectivity index (χ0) is 26.8. The molecule has 0 bridgehead atoms. The van der Waals surface area contributed by atoms with Crippen LogP contribution in [0, 0.1) is 17.0 Å². The first-order valence-corrected chi connectivity index (χ1v) is 13.4. The molecule has 0 amide bonds. The van der Waals surface area contributed by atoms with Gasteiger partial charge >= 0.3 is 5.82 Å². The third kappa shape index (κ3) is 5.61. The maximum Gasteiger partial charge on any atom is 0.363 e. The summed E-state index contributed by atoms with van der Waals surface area (Å²) in [5.41, 5.74) is 4.66. The molecule has 3 aromatic heterocycles. The van der Waals surface area contributed by atoms with Crippen molar-refractivity contribution in [1.29, 1.82) is 0 Å². The van der Waals surface area contributed by atoms with Crippen molar-refractivity contribution < 1.29 is 4.92 Å². The molecule has 0 saturated carbocycles. The van der Waals surface area contributed by atoms with Crippen LogP contribution in [-0.4, -0.2) is 43.5 Å². The average molecular weight is 577 g/mol. The highest BCUT2D eigenvalue weighted by molar-refractivity contribution is 9.10. The lowest BCUT2D eigenvalue weighted by Crippen LogP contribution is -2.48. The largest absolute Gasteiger partial charge is 0.367 e. The SMILES string of the molecule is Cc1cc(CN(Cc2cn(C)c3cc(Br)ccc3c2=O)[C@H]2CCCN(c3ccc([N+](=O)[O-])nc3)C2)ccn1. The standard InChI is InChI=1S/C28H29BrN6O3/c1-19-12-20(9-10-30-19)15-34(17-21-16-32(2)26-13-22(29)5-7-25(26)28(21)36)24-4-3-11-33(18-24)23-6-8-27(31-14-23)35(37)38/h5-10,12-14,16,24H,3-4,11,15,17-18H2,1-2H3/t24-/m0/s1. The van der Waals surface area contributed by atoms with Crippen LogP contribution in [0.2, 0.25) is 0 Å². The maximum absolute atomic E-state index is 13.6. The van der Waals surface area contributed by atoms with Crippen molar-refractivity contribution in [3.63, 3.8) is 0 Å². The van der Waals surface area contributed by atoms with Crippen molar-refractivity contribution in [2.75, 3.05) is 18.0 Å². The van der Waals surface area contributed by atoms with Gasteiger partial charge in [-0.15, -0.1) is 0 Å². The van der Waals surface area contributed by atoms with E-state index in [9.17, 15) is 14.9 Å². The molecule has 9 nitrogen and oxygen atoms in total. The number of fused-ring (bicyclic) bond motifs is 1. The summed E-state index contributed by atoms with van der Waals surface area (Å²) in [4.78, 5) is 37.1. The summed E-state index contributed by atoms with van der Waals surface area (Å²) in [7, 11) is 1.97. The van der Waals surface area contributed by atoms with Crippen molar-refractivity contribution >= 4 is 38.3 Å². The Hall–Kier alpha value is -3.63.